The first-order chi connectivity index (χ1) is 3.83. The minimum Gasteiger partial charge on any atom is -0.854 e. The summed E-state index contributed by atoms with van der Waals surface area (Å²) in [6.07, 6.45) is 1.53. The molecular weight excluding hydrogens is 155 g/mol. The predicted octanol–water partition coefficient (Wildman–Crippen LogP) is -0.489. The summed E-state index contributed by atoms with van der Waals surface area (Å²) < 4.78 is 0. The van der Waals surface area contributed by atoms with Crippen LogP contribution in [0.2, 0.25) is 0 Å². The quantitative estimate of drug-likeness (QED) is 0.560. The Labute approximate surface area is 69.2 Å². The average molecular weight is 169 g/mol. The van der Waals surface area contributed by atoms with E-state index < -0.39 is 0 Å². The molecule has 0 aliphatic heterocycles. The van der Waals surface area contributed by atoms with Crippen molar-refractivity contribution in [2.45, 2.75) is 26.7 Å². The molecule has 0 saturated carbocycles. The molecule has 0 saturated heterocycles. The summed E-state index contributed by atoms with van der Waals surface area (Å²) >= 11 is 0. The molecule has 0 rings (SSSR count). The van der Waals surface area contributed by atoms with Gasteiger partial charge in [0.25, 0.3) is 0 Å². The molecular formula is C6H14O2V. The Morgan fingerprint density at radius 1 is 0.889 bits per heavy atom. The van der Waals surface area contributed by atoms with Crippen LogP contribution in [0, 0.1) is 0 Å². The van der Waals surface area contributed by atoms with Crippen molar-refractivity contribution in [1.29, 1.82) is 0 Å². The van der Waals surface area contributed by atoms with Crippen LogP contribution in [0.5, 0.6) is 0 Å². The Bertz CT molecular complexity index is 19.0. The first kappa shape index (κ1) is 16.2. The van der Waals surface area contributed by atoms with Crippen LogP contribution in [-0.2, 0) is 18.6 Å². The first-order valence-corrected chi connectivity index (χ1v) is 2.99. The van der Waals surface area contributed by atoms with Gasteiger partial charge in [0.1, 0.15) is 0 Å². The Hall–Kier alpha value is 0.504. The van der Waals surface area contributed by atoms with E-state index in [1.807, 2.05) is 13.8 Å². The van der Waals surface area contributed by atoms with Gasteiger partial charge in [0, 0.05) is 0 Å². The van der Waals surface area contributed by atoms with E-state index in [4.69, 9.17) is 0 Å². The second kappa shape index (κ2) is 23.6. The predicted molar refractivity (Wildman–Crippen MR) is 30.3 cm³/mol. The van der Waals surface area contributed by atoms with E-state index in [9.17, 15) is 10.2 Å². The smallest absolute Gasteiger partial charge is 0.854 e. The molecule has 0 fully saturated rings. The fourth-order valence-corrected chi connectivity index (χ4v) is 0. The molecule has 0 aliphatic carbocycles. The van der Waals surface area contributed by atoms with Gasteiger partial charge in [-0.2, -0.15) is 0 Å². The summed E-state index contributed by atoms with van der Waals surface area (Å²) in [5.74, 6) is 0. The molecule has 0 aromatic rings. The minimum atomic E-state index is 0. The molecule has 0 bridgehead atoms. The minimum absolute atomic E-state index is 0. The third-order valence-electron chi connectivity index (χ3n) is 0.408. The SMILES string of the molecule is CCC[O-].CCC[O-].[V+2]. The maximum atomic E-state index is 9.30. The van der Waals surface area contributed by atoms with E-state index in [-0.39, 0.29) is 31.8 Å². The van der Waals surface area contributed by atoms with Crippen LogP contribution >= 0.6 is 0 Å². The largest absolute Gasteiger partial charge is 2.00 e. The van der Waals surface area contributed by atoms with Crippen molar-refractivity contribution in [2.75, 3.05) is 13.2 Å². The normalized spacial score (nSPS) is 6.67. The maximum absolute atomic E-state index is 9.30. The van der Waals surface area contributed by atoms with Crippen LogP contribution in [0.15, 0.2) is 0 Å². The first-order valence-electron chi connectivity index (χ1n) is 2.99. The number of hydrogen-bond donors (Lipinski definition) is 0. The van der Waals surface area contributed by atoms with Crippen LogP contribution < -0.4 is 10.2 Å². The molecule has 3 heteroatoms. The second-order valence-corrected chi connectivity index (χ2v) is 1.41. The molecule has 0 N–H and O–H groups in total. The molecule has 0 aromatic heterocycles. The zero-order chi connectivity index (χ0) is 6.83. The molecule has 0 spiro atoms. The van der Waals surface area contributed by atoms with Gasteiger partial charge in [0.05, 0.1) is 0 Å². The van der Waals surface area contributed by atoms with Crippen LogP contribution in [0.1, 0.15) is 26.7 Å². The fourth-order valence-electron chi connectivity index (χ4n) is 0. The van der Waals surface area contributed by atoms with Gasteiger partial charge in [-0.15, -0.1) is 13.2 Å². The summed E-state index contributed by atoms with van der Waals surface area (Å²) in [6, 6.07) is 0. The molecule has 55 valence electrons. The van der Waals surface area contributed by atoms with Gasteiger partial charge in [0.15, 0.2) is 0 Å². The molecule has 0 aromatic carbocycles. The molecule has 9 heavy (non-hydrogen) atoms. The van der Waals surface area contributed by atoms with Crippen LogP contribution in [0.4, 0.5) is 0 Å². The third-order valence-corrected chi connectivity index (χ3v) is 0.408. The van der Waals surface area contributed by atoms with E-state index in [2.05, 4.69) is 0 Å². The monoisotopic (exact) mass is 169 g/mol. The summed E-state index contributed by atoms with van der Waals surface area (Å²) in [5.41, 5.74) is 0. The van der Waals surface area contributed by atoms with Crippen LogP contribution in [-0.4, -0.2) is 13.2 Å². The van der Waals surface area contributed by atoms with Crippen molar-refractivity contribution >= 4 is 0 Å². The van der Waals surface area contributed by atoms with Gasteiger partial charge in [-0.3, -0.25) is 0 Å². The Morgan fingerprint density at radius 3 is 1.00 bits per heavy atom. The van der Waals surface area contributed by atoms with E-state index in [0.717, 1.165) is 12.8 Å². The third kappa shape index (κ3) is 57.4. The van der Waals surface area contributed by atoms with Gasteiger partial charge in [0.2, 0.25) is 0 Å². The standard InChI is InChI=1S/2C3H7O.V/c2*1-2-3-4;/h2*2-3H2,1H3;/q2*-1;+2. The zero-order valence-electron chi connectivity index (χ0n) is 6.09. The molecule has 0 heterocycles. The summed E-state index contributed by atoms with van der Waals surface area (Å²) in [5, 5.41) is 18.6. The topological polar surface area (TPSA) is 46.1 Å². The Balaban J connectivity index is -0.0000000720. The molecule has 0 atom stereocenters. The van der Waals surface area contributed by atoms with Crippen molar-refractivity contribution in [3.8, 4) is 0 Å². The number of rotatable bonds is 2. The van der Waals surface area contributed by atoms with Gasteiger partial charge < -0.3 is 10.2 Å². The van der Waals surface area contributed by atoms with Crippen molar-refractivity contribution in [3.05, 3.63) is 0 Å². The zero-order valence-corrected chi connectivity index (χ0v) is 7.49. The molecule has 0 amide bonds. The second-order valence-electron chi connectivity index (χ2n) is 1.41. The van der Waals surface area contributed by atoms with Gasteiger partial charge in [-0.05, 0) is 0 Å². The van der Waals surface area contributed by atoms with Gasteiger partial charge >= 0.3 is 18.6 Å². The number of hydrogen-bond acceptors (Lipinski definition) is 2. The van der Waals surface area contributed by atoms with Gasteiger partial charge in [-0.25, -0.2) is 0 Å². The van der Waals surface area contributed by atoms with Crippen LogP contribution in [0.3, 0.4) is 0 Å². The van der Waals surface area contributed by atoms with E-state index in [1.165, 1.54) is 0 Å². The van der Waals surface area contributed by atoms with E-state index >= 15 is 0 Å². The summed E-state index contributed by atoms with van der Waals surface area (Å²) in [4.78, 5) is 0. The van der Waals surface area contributed by atoms with Crippen molar-refractivity contribution in [3.63, 3.8) is 0 Å². The van der Waals surface area contributed by atoms with E-state index in [1.54, 1.807) is 0 Å². The average Bonchev–Trinajstić information content (AvgIpc) is 1.88. The summed E-state index contributed by atoms with van der Waals surface area (Å²) in [7, 11) is 0. The Morgan fingerprint density at radius 2 is 1.00 bits per heavy atom. The van der Waals surface area contributed by atoms with Crippen molar-refractivity contribution in [1.82, 2.24) is 0 Å². The maximum Gasteiger partial charge on any atom is 2.00 e. The van der Waals surface area contributed by atoms with Crippen molar-refractivity contribution < 1.29 is 28.8 Å². The Kier molecular flexibility index (Phi) is 42.6. The van der Waals surface area contributed by atoms with Gasteiger partial charge in [-0.1, -0.05) is 26.7 Å². The molecule has 0 unspecified atom stereocenters. The van der Waals surface area contributed by atoms with E-state index in [0.29, 0.717) is 0 Å². The van der Waals surface area contributed by atoms with Crippen molar-refractivity contribution in [2.24, 2.45) is 0 Å². The van der Waals surface area contributed by atoms with Crippen LogP contribution in [0.25, 0.3) is 0 Å². The molecule has 1 radical (unpaired) electrons. The summed E-state index contributed by atoms with van der Waals surface area (Å²) in [6.45, 7) is 3.88. The fraction of sp³-hybridized carbons (Fsp3) is 1.00. The molecule has 2 nitrogen and oxygen atoms in total. The molecule has 0 aliphatic rings.